The summed E-state index contributed by atoms with van der Waals surface area (Å²) in [5, 5.41) is 26.3. The summed E-state index contributed by atoms with van der Waals surface area (Å²) in [5.41, 5.74) is 4.96. The number of rotatable bonds is 7. The Morgan fingerprint density at radius 2 is 1.53 bits per heavy atom. The Kier molecular flexibility index (Phi) is 14.7. The van der Waals surface area contributed by atoms with Crippen LogP contribution < -0.4 is 16.4 Å². The Labute approximate surface area is 201 Å². The number of anilines is 1. The molecule has 32 heavy (non-hydrogen) atoms. The summed E-state index contributed by atoms with van der Waals surface area (Å²) in [6.07, 6.45) is 1.10. The van der Waals surface area contributed by atoms with Crippen LogP contribution in [0.2, 0.25) is 0 Å². The van der Waals surface area contributed by atoms with E-state index in [1.165, 1.54) is 19.1 Å². The second-order valence-electron chi connectivity index (χ2n) is 5.97. The number of carbonyl (C=O) groups is 1. The van der Waals surface area contributed by atoms with Gasteiger partial charge >= 0.3 is 5.69 Å². The second-order valence-corrected chi connectivity index (χ2v) is 7.80. The smallest absolute Gasteiger partial charge is 0.304 e. The topological polar surface area (TPSA) is 153 Å². The minimum Gasteiger partial charge on any atom is -0.378 e. The summed E-state index contributed by atoms with van der Waals surface area (Å²) >= 11 is 6.23. The van der Waals surface area contributed by atoms with E-state index in [1.807, 2.05) is 0 Å². The van der Waals surface area contributed by atoms with Crippen molar-refractivity contribution in [1.29, 1.82) is 0 Å². The SMILES string of the molecule is CC(=O)NCCNc1cc(Br)ccc1[N+](=O)[O-].CCCN.O=[N+]([O-])c1ccc(Br)cc1F. The first-order valence-corrected chi connectivity index (χ1v) is 10.8. The number of amides is 1. The van der Waals surface area contributed by atoms with Crippen LogP contribution in [0, 0.1) is 26.0 Å². The molecular formula is C19H24Br2FN5O5. The summed E-state index contributed by atoms with van der Waals surface area (Å²) in [6, 6.07) is 8.24. The van der Waals surface area contributed by atoms with Gasteiger partial charge in [-0.2, -0.15) is 4.39 Å². The van der Waals surface area contributed by atoms with Gasteiger partial charge in [-0.3, -0.25) is 25.0 Å². The minimum absolute atomic E-state index is 0.0102. The lowest BCUT2D eigenvalue weighted by Crippen LogP contribution is -2.26. The first-order chi connectivity index (χ1) is 15.0. The number of benzene rings is 2. The van der Waals surface area contributed by atoms with Gasteiger partial charge in [0.2, 0.25) is 11.7 Å². The molecule has 0 spiro atoms. The summed E-state index contributed by atoms with van der Waals surface area (Å²) in [5.74, 6) is -0.958. The van der Waals surface area contributed by atoms with Crippen LogP contribution in [-0.2, 0) is 4.79 Å². The summed E-state index contributed by atoms with van der Waals surface area (Å²) in [6.45, 7) is 5.14. The molecule has 0 unspecified atom stereocenters. The Morgan fingerprint density at radius 1 is 1.03 bits per heavy atom. The Bertz CT molecular complexity index is 916. The van der Waals surface area contributed by atoms with E-state index in [9.17, 15) is 29.4 Å². The van der Waals surface area contributed by atoms with Gasteiger partial charge in [0.15, 0.2) is 0 Å². The summed E-state index contributed by atoms with van der Waals surface area (Å²) in [7, 11) is 0. The zero-order valence-electron chi connectivity index (χ0n) is 17.4. The largest absolute Gasteiger partial charge is 0.378 e. The molecule has 0 radical (unpaired) electrons. The van der Waals surface area contributed by atoms with E-state index in [2.05, 4.69) is 49.4 Å². The molecule has 0 bridgehead atoms. The highest BCUT2D eigenvalue weighted by Crippen LogP contribution is 2.27. The van der Waals surface area contributed by atoms with Gasteiger partial charge < -0.3 is 16.4 Å². The van der Waals surface area contributed by atoms with Crippen molar-refractivity contribution in [3.05, 3.63) is 71.4 Å². The maximum atomic E-state index is 12.6. The van der Waals surface area contributed by atoms with Crippen molar-refractivity contribution in [1.82, 2.24) is 5.32 Å². The monoisotopic (exact) mass is 579 g/mol. The fourth-order valence-electron chi connectivity index (χ4n) is 1.87. The molecular weight excluding hydrogens is 557 g/mol. The van der Waals surface area contributed by atoms with Gasteiger partial charge in [-0.05, 0) is 37.2 Å². The lowest BCUT2D eigenvalue weighted by Gasteiger charge is -2.07. The van der Waals surface area contributed by atoms with Gasteiger partial charge in [0, 0.05) is 41.1 Å². The van der Waals surface area contributed by atoms with Crippen LogP contribution in [0.3, 0.4) is 0 Å². The van der Waals surface area contributed by atoms with Gasteiger partial charge in [-0.15, -0.1) is 0 Å². The highest BCUT2D eigenvalue weighted by atomic mass is 79.9. The van der Waals surface area contributed by atoms with E-state index >= 15 is 0 Å². The van der Waals surface area contributed by atoms with Gasteiger partial charge in [-0.1, -0.05) is 38.8 Å². The number of hydrogen-bond donors (Lipinski definition) is 3. The van der Waals surface area contributed by atoms with Crippen LogP contribution in [-0.4, -0.2) is 35.4 Å². The van der Waals surface area contributed by atoms with E-state index in [0.29, 0.717) is 23.2 Å². The van der Waals surface area contributed by atoms with E-state index in [1.54, 1.807) is 12.1 Å². The van der Waals surface area contributed by atoms with Crippen molar-refractivity contribution in [2.45, 2.75) is 20.3 Å². The second kappa shape index (κ2) is 16.1. The van der Waals surface area contributed by atoms with Crippen molar-refractivity contribution in [3.63, 3.8) is 0 Å². The van der Waals surface area contributed by atoms with Crippen molar-refractivity contribution < 1.29 is 19.0 Å². The molecule has 0 saturated carbocycles. The molecule has 2 aromatic carbocycles. The molecule has 0 aromatic heterocycles. The van der Waals surface area contributed by atoms with Crippen molar-refractivity contribution >= 4 is 54.8 Å². The fraction of sp³-hybridized carbons (Fsp3) is 0.316. The normalized spacial score (nSPS) is 9.44. The number of halogens is 3. The number of nitrogens with one attached hydrogen (secondary N) is 2. The Balaban J connectivity index is 0.000000547. The standard InChI is InChI=1S/C10H12BrN3O3.C6H3BrFNO2.C3H9N/c1-7(15)12-4-5-13-9-6-8(11)2-3-10(9)14(16)17;7-4-1-2-6(9(10)11)5(8)3-4;1-2-3-4/h2-3,6,13H,4-5H2,1H3,(H,12,15);1-3H;2-4H2,1H3. The number of nitro benzene ring substituents is 2. The third kappa shape index (κ3) is 12.3. The maximum absolute atomic E-state index is 12.6. The first-order valence-electron chi connectivity index (χ1n) is 9.25. The molecule has 0 atom stereocenters. The highest BCUT2D eigenvalue weighted by molar-refractivity contribution is 9.10. The van der Waals surface area contributed by atoms with Crippen LogP contribution in [0.5, 0.6) is 0 Å². The molecule has 1 amide bonds. The molecule has 2 rings (SSSR count). The van der Waals surface area contributed by atoms with E-state index in [4.69, 9.17) is 5.73 Å². The molecule has 13 heteroatoms. The summed E-state index contributed by atoms with van der Waals surface area (Å²) in [4.78, 5) is 30.3. The molecule has 0 aliphatic carbocycles. The average molecular weight is 581 g/mol. The quantitative estimate of drug-likeness (QED) is 0.242. The number of carbonyl (C=O) groups excluding carboxylic acids is 1. The Hall–Kier alpha value is -2.64. The van der Waals surface area contributed by atoms with Crippen LogP contribution in [0.15, 0.2) is 45.3 Å². The zero-order valence-corrected chi connectivity index (χ0v) is 20.6. The minimum atomic E-state index is -0.829. The predicted octanol–water partition coefficient (Wildman–Crippen LogP) is 4.76. The number of nitrogens with two attached hydrogens (primary N) is 1. The van der Waals surface area contributed by atoms with Crippen molar-refractivity contribution in [3.8, 4) is 0 Å². The molecule has 10 nitrogen and oxygen atoms in total. The fourth-order valence-corrected chi connectivity index (χ4v) is 2.57. The molecule has 4 N–H and O–H groups in total. The average Bonchev–Trinajstić information content (AvgIpc) is 2.71. The first kappa shape index (κ1) is 29.4. The van der Waals surface area contributed by atoms with Crippen LogP contribution >= 0.6 is 31.9 Å². The molecule has 0 saturated heterocycles. The molecule has 0 aliphatic rings. The molecule has 0 aliphatic heterocycles. The molecule has 176 valence electrons. The molecule has 2 aromatic rings. The van der Waals surface area contributed by atoms with E-state index in [0.717, 1.165) is 29.6 Å². The lowest BCUT2D eigenvalue weighted by atomic mass is 10.2. The predicted molar refractivity (Wildman–Crippen MR) is 128 cm³/mol. The number of nitro groups is 2. The third-order valence-corrected chi connectivity index (χ3v) is 4.35. The van der Waals surface area contributed by atoms with Gasteiger partial charge in [0.25, 0.3) is 5.69 Å². The van der Waals surface area contributed by atoms with Crippen molar-refractivity contribution in [2.75, 3.05) is 25.0 Å². The van der Waals surface area contributed by atoms with Crippen molar-refractivity contribution in [2.24, 2.45) is 5.73 Å². The number of hydrogen-bond acceptors (Lipinski definition) is 7. The van der Waals surface area contributed by atoms with E-state index in [-0.39, 0.29) is 11.6 Å². The Morgan fingerprint density at radius 3 is 1.97 bits per heavy atom. The van der Waals surface area contributed by atoms with Crippen LogP contribution in [0.1, 0.15) is 20.3 Å². The third-order valence-electron chi connectivity index (χ3n) is 3.36. The highest BCUT2D eigenvalue weighted by Gasteiger charge is 2.13. The van der Waals surface area contributed by atoms with Gasteiger partial charge in [0.1, 0.15) is 5.69 Å². The maximum Gasteiger partial charge on any atom is 0.304 e. The zero-order chi connectivity index (χ0) is 24.7. The molecule has 0 fully saturated rings. The lowest BCUT2D eigenvalue weighted by molar-refractivity contribution is -0.387. The van der Waals surface area contributed by atoms with Crippen LogP contribution in [0.25, 0.3) is 0 Å². The van der Waals surface area contributed by atoms with E-state index < -0.39 is 21.4 Å². The molecule has 0 heterocycles. The van der Waals surface area contributed by atoms with Crippen LogP contribution in [0.4, 0.5) is 21.5 Å². The van der Waals surface area contributed by atoms with Gasteiger partial charge in [0.05, 0.1) is 9.85 Å². The van der Waals surface area contributed by atoms with Gasteiger partial charge in [-0.25, -0.2) is 0 Å². The number of nitrogens with zero attached hydrogens (tertiary/aromatic N) is 2. The summed E-state index contributed by atoms with van der Waals surface area (Å²) < 4.78 is 13.9.